The molecule has 1 atom stereocenters. The Kier molecular flexibility index (Phi) is 4.13. The van der Waals surface area contributed by atoms with E-state index in [0.717, 1.165) is 0 Å². The Hall–Kier alpha value is -2.96. The van der Waals surface area contributed by atoms with E-state index < -0.39 is 17.9 Å². The van der Waals surface area contributed by atoms with Crippen molar-refractivity contribution in [1.29, 1.82) is 0 Å². The molecule has 2 amide bonds. The van der Waals surface area contributed by atoms with Crippen molar-refractivity contribution in [2.24, 2.45) is 5.73 Å². The number of nitrogens with zero attached hydrogens (tertiary/aromatic N) is 2. The zero-order valence-corrected chi connectivity index (χ0v) is 11.3. The second-order valence-electron chi connectivity index (χ2n) is 4.43. The molecule has 0 bridgehead atoms. The van der Waals surface area contributed by atoms with Gasteiger partial charge in [-0.2, -0.15) is 0 Å². The fourth-order valence-corrected chi connectivity index (χ4v) is 1.69. The molecule has 0 radical (unpaired) electrons. The number of primary amides is 1. The number of rotatable bonds is 4. The van der Waals surface area contributed by atoms with E-state index >= 15 is 0 Å². The zero-order chi connectivity index (χ0) is 15.4. The Balaban J connectivity index is 2.20. The van der Waals surface area contributed by atoms with Gasteiger partial charge in [0.15, 0.2) is 0 Å². The summed E-state index contributed by atoms with van der Waals surface area (Å²) in [6, 6.07) is 5.63. The summed E-state index contributed by atoms with van der Waals surface area (Å²) in [5.74, 6) is -1.02. The van der Waals surface area contributed by atoms with Crippen LogP contribution in [0.4, 0.5) is 0 Å². The predicted octanol–water partition coefficient (Wildman–Crippen LogP) is -0.164. The van der Waals surface area contributed by atoms with Crippen LogP contribution in [0.3, 0.4) is 0 Å². The smallest absolute Gasteiger partial charge is 0.273 e. The number of nitrogens with two attached hydrogens (primary N) is 1. The third-order valence-corrected chi connectivity index (χ3v) is 2.91. The van der Waals surface area contributed by atoms with Gasteiger partial charge in [-0.25, -0.2) is 0 Å². The van der Waals surface area contributed by atoms with E-state index in [2.05, 4.69) is 10.3 Å². The third-order valence-electron chi connectivity index (χ3n) is 2.91. The van der Waals surface area contributed by atoms with Crippen molar-refractivity contribution in [3.8, 4) is 5.69 Å². The molecule has 0 saturated heterocycles. The number of carbonyl (C=O) groups excluding carboxylic acids is 2. The van der Waals surface area contributed by atoms with Gasteiger partial charge in [0.1, 0.15) is 6.04 Å². The molecule has 21 heavy (non-hydrogen) atoms. The summed E-state index contributed by atoms with van der Waals surface area (Å²) in [4.78, 5) is 38.1. The number of hydrogen-bond acceptors (Lipinski definition) is 4. The Labute approximate surface area is 120 Å². The summed E-state index contributed by atoms with van der Waals surface area (Å²) < 4.78 is 1.40. The number of amides is 2. The highest BCUT2D eigenvalue weighted by molar-refractivity contribution is 5.97. The van der Waals surface area contributed by atoms with Crippen LogP contribution < -0.4 is 16.6 Å². The maximum atomic E-state index is 11.9. The summed E-state index contributed by atoms with van der Waals surface area (Å²) in [6.07, 6.45) is 4.23. The molecular weight excluding hydrogens is 272 g/mol. The van der Waals surface area contributed by atoms with E-state index in [4.69, 9.17) is 5.73 Å². The van der Waals surface area contributed by atoms with Crippen LogP contribution in [0.5, 0.6) is 0 Å². The predicted molar refractivity (Wildman–Crippen MR) is 76.0 cm³/mol. The van der Waals surface area contributed by atoms with Crippen LogP contribution >= 0.6 is 0 Å². The Morgan fingerprint density at radius 2 is 1.95 bits per heavy atom. The van der Waals surface area contributed by atoms with Crippen molar-refractivity contribution < 1.29 is 9.59 Å². The number of nitrogens with one attached hydrogen (secondary N) is 1. The van der Waals surface area contributed by atoms with Crippen LogP contribution in [0.2, 0.25) is 0 Å². The fourth-order valence-electron chi connectivity index (χ4n) is 1.69. The molecule has 1 aromatic heterocycles. The lowest BCUT2D eigenvalue weighted by atomic mass is 10.1. The second kappa shape index (κ2) is 6.00. The molecule has 7 heteroatoms. The van der Waals surface area contributed by atoms with Gasteiger partial charge in [-0.15, -0.1) is 0 Å². The minimum atomic E-state index is -0.750. The molecule has 0 aliphatic rings. The molecule has 1 aromatic carbocycles. The largest absolute Gasteiger partial charge is 0.368 e. The van der Waals surface area contributed by atoms with E-state index in [1.807, 2.05) is 0 Å². The number of aromatic nitrogens is 2. The summed E-state index contributed by atoms with van der Waals surface area (Å²) >= 11 is 0. The SMILES string of the molecule is CC(NC(=O)c1ccc(-n2ccncc2=O)cc1)C(N)=O. The van der Waals surface area contributed by atoms with E-state index in [-0.39, 0.29) is 5.56 Å². The summed E-state index contributed by atoms with van der Waals surface area (Å²) in [7, 11) is 0. The van der Waals surface area contributed by atoms with Gasteiger partial charge in [0.2, 0.25) is 5.91 Å². The van der Waals surface area contributed by atoms with Gasteiger partial charge in [-0.3, -0.25) is 23.9 Å². The van der Waals surface area contributed by atoms with E-state index in [1.54, 1.807) is 24.3 Å². The summed E-state index contributed by atoms with van der Waals surface area (Å²) in [5.41, 5.74) is 5.80. The fraction of sp³-hybridized carbons (Fsp3) is 0.143. The molecule has 0 aliphatic heterocycles. The molecule has 2 aromatic rings. The minimum Gasteiger partial charge on any atom is -0.368 e. The van der Waals surface area contributed by atoms with E-state index in [9.17, 15) is 14.4 Å². The minimum absolute atomic E-state index is 0.267. The monoisotopic (exact) mass is 286 g/mol. The molecule has 2 rings (SSSR count). The Morgan fingerprint density at radius 3 is 2.52 bits per heavy atom. The lowest BCUT2D eigenvalue weighted by Crippen LogP contribution is -2.42. The summed E-state index contributed by atoms with van der Waals surface area (Å²) in [6.45, 7) is 1.51. The Bertz CT molecular complexity index is 721. The van der Waals surface area contributed by atoms with E-state index in [1.165, 1.54) is 30.1 Å². The van der Waals surface area contributed by atoms with Crippen LogP contribution in [-0.2, 0) is 4.79 Å². The van der Waals surface area contributed by atoms with Gasteiger partial charge in [0, 0.05) is 23.6 Å². The number of hydrogen-bond donors (Lipinski definition) is 2. The highest BCUT2D eigenvalue weighted by Crippen LogP contribution is 2.07. The normalized spacial score (nSPS) is 11.7. The molecule has 0 fully saturated rings. The first-order chi connectivity index (χ1) is 9.99. The molecule has 7 nitrogen and oxygen atoms in total. The third kappa shape index (κ3) is 3.33. The van der Waals surface area contributed by atoms with Crippen molar-refractivity contribution >= 4 is 11.8 Å². The van der Waals surface area contributed by atoms with Crippen molar-refractivity contribution in [3.63, 3.8) is 0 Å². The molecule has 0 spiro atoms. The van der Waals surface area contributed by atoms with Gasteiger partial charge in [-0.1, -0.05) is 0 Å². The van der Waals surface area contributed by atoms with Crippen LogP contribution in [0.1, 0.15) is 17.3 Å². The van der Waals surface area contributed by atoms with Crippen molar-refractivity contribution in [1.82, 2.24) is 14.9 Å². The Morgan fingerprint density at radius 1 is 1.29 bits per heavy atom. The first-order valence-corrected chi connectivity index (χ1v) is 6.22. The van der Waals surface area contributed by atoms with Crippen LogP contribution in [-0.4, -0.2) is 27.4 Å². The topological polar surface area (TPSA) is 107 Å². The average molecular weight is 286 g/mol. The molecule has 0 saturated carbocycles. The van der Waals surface area contributed by atoms with Crippen LogP contribution in [0.25, 0.3) is 5.69 Å². The van der Waals surface area contributed by atoms with Gasteiger partial charge in [0.05, 0.1) is 6.20 Å². The second-order valence-corrected chi connectivity index (χ2v) is 4.43. The summed E-state index contributed by atoms with van der Waals surface area (Å²) in [5, 5.41) is 2.47. The molecular formula is C14H14N4O3. The highest BCUT2D eigenvalue weighted by Gasteiger charge is 2.13. The van der Waals surface area contributed by atoms with E-state index in [0.29, 0.717) is 11.3 Å². The van der Waals surface area contributed by atoms with Crippen molar-refractivity contribution in [2.75, 3.05) is 0 Å². The van der Waals surface area contributed by atoms with Gasteiger partial charge in [-0.05, 0) is 31.2 Å². The lowest BCUT2D eigenvalue weighted by Gasteiger charge is -2.10. The quantitative estimate of drug-likeness (QED) is 0.814. The lowest BCUT2D eigenvalue weighted by molar-refractivity contribution is -0.119. The van der Waals surface area contributed by atoms with Gasteiger partial charge < -0.3 is 11.1 Å². The highest BCUT2D eigenvalue weighted by atomic mass is 16.2. The molecule has 1 unspecified atom stereocenters. The molecule has 3 N–H and O–H groups in total. The zero-order valence-electron chi connectivity index (χ0n) is 11.3. The molecule has 0 aliphatic carbocycles. The van der Waals surface area contributed by atoms with Crippen LogP contribution in [0, 0.1) is 0 Å². The molecule has 1 heterocycles. The maximum Gasteiger partial charge on any atom is 0.273 e. The van der Waals surface area contributed by atoms with Gasteiger partial charge >= 0.3 is 0 Å². The standard InChI is InChI=1S/C14H14N4O3/c1-9(13(15)20)17-14(21)10-2-4-11(5-3-10)18-7-6-16-8-12(18)19/h2-9H,1H3,(H2,15,20)(H,17,21). The van der Waals surface area contributed by atoms with Crippen molar-refractivity contribution in [3.05, 3.63) is 58.8 Å². The van der Waals surface area contributed by atoms with Gasteiger partial charge in [0.25, 0.3) is 11.5 Å². The first kappa shape index (κ1) is 14.4. The maximum absolute atomic E-state index is 11.9. The van der Waals surface area contributed by atoms with Crippen LogP contribution in [0.15, 0.2) is 47.7 Å². The van der Waals surface area contributed by atoms with Crippen molar-refractivity contribution in [2.45, 2.75) is 13.0 Å². The number of benzene rings is 1. The average Bonchev–Trinajstić information content (AvgIpc) is 2.47. The molecule has 108 valence electrons. The number of carbonyl (C=O) groups is 2. The first-order valence-electron chi connectivity index (χ1n) is 6.22.